The minimum absolute atomic E-state index is 0.464. The minimum Gasteiger partial charge on any atom is -0.493 e. The first-order valence-corrected chi connectivity index (χ1v) is 9.62. The van der Waals surface area contributed by atoms with Crippen molar-refractivity contribution in [3.63, 3.8) is 0 Å². The first kappa shape index (κ1) is 17.1. The van der Waals surface area contributed by atoms with Crippen LogP contribution in [0.3, 0.4) is 0 Å². The van der Waals surface area contributed by atoms with Crippen molar-refractivity contribution in [3.8, 4) is 5.75 Å². The van der Waals surface area contributed by atoms with Crippen molar-refractivity contribution in [2.24, 2.45) is 11.7 Å². The molecule has 0 aromatic heterocycles. The third-order valence-electron chi connectivity index (χ3n) is 3.94. The molecule has 0 saturated carbocycles. The van der Waals surface area contributed by atoms with E-state index in [0.717, 1.165) is 18.8 Å². The molecule has 2 aromatic rings. The van der Waals surface area contributed by atoms with E-state index in [0.29, 0.717) is 10.9 Å². The van der Waals surface area contributed by atoms with Crippen LogP contribution in [-0.4, -0.2) is 18.1 Å². The second kappa shape index (κ2) is 9.03. The quantitative estimate of drug-likeness (QED) is 0.383. The number of hydrazine groups is 1. The summed E-state index contributed by atoms with van der Waals surface area (Å²) in [5, 5.41) is 2.70. The summed E-state index contributed by atoms with van der Waals surface area (Å²) in [6.45, 7) is 3.03. The fourth-order valence-electron chi connectivity index (χ4n) is 2.82. The lowest BCUT2D eigenvalue weighted by atomic mass is 10.1. The van der Waals surface area contributed by atoms with Crippen LogP contribution in [0.4, 0.5) is 0 Å². The lowest BCUT2D eigenvalue weighted by molar-refractivity contribution is 0.313. The molecule has 1 heterocycles. The van der Waals surface area contributed by atoms with Crippen molar-refractivity contribution in [3.05, 3.63) is 36.4 Å². The van der Waals surface area contributed by atoms with Crippen LogP contribution >= 0.6 is 0 Å². The highest BCUT2D eigenvalue weighted by atomic mass is 32.2. The largest absolute Gasteiger partial charge is 0.493 e. The molecule has 0 amide bonds. The highest BCUT2D eigenvalue weighted by molar-refractivity contribution is 7.97. The summed E-state index contributed by atoms with van der Waals surface area (Å²) >= 11 is 0. The first-order chi connectivity index (χ1) is 10.9. The van der Waals surface area contributed by atoms with E-state index >= 15 is 0 Å². The van der Waals surface area contributed by atoms with Gasteiger partial charge in [0.05, 0.1) is 6.61 Å². The molecule has 1 fully saturated rings. The van der Waals surface area contributed by atoms with Crippen molar-refractivity contribution < 1.29 is 4.74 Å². The van der Waals surface area contributed by atoms with Gasteiger partial charge in [-0.2, -0.15) is 0 Å². The number of fused-ring (bicyclic) bond motifs is 1. The fourth-order valence-corrected chi connectivity index (χ4v) is 5.32. The zero-order chi connectivity index (χ0) is 15.8. The lowest BCUT2D eigenvalue weighted by Crippen LogP contribution is -2.05. The number of rotatable bonds is 5. The maximum absolute atomic E-state index is 5.98. The van der Waals surface area contributed by atoms with Crippen LogP contribution < -0.4 is 16.4 Å². The molecule has 0 bridgehead atoms. The molecule has 3 nitrogen and oxygen atoms in total. The Bertz CT molecular complexity index is 582. The molecule has 1 saturated heterocycles. The molecule has 4 heteroatoms. The Morgan fingerprint density at radius 2 is 1.68 bits per heavy atom. The molecule has 4 N–H and O–H groups in total. The fraction of sp³-hybridized carbons (Fsp3) is 0.444. The molecule has 0 unspecified atom stereocenters. The topological polar surface area (TPSA) is 61.3 Å². The summed E-state index contributed by atoms with van der Waals surface area (Å²) in [6.07, 6.45) is 5.10. The Labute approximate surface area is 136 Å². The Kier molecular flexibility index (Phi) is 7.03. The van der Waals surface area contributed by atoms with Gasteiger partial charge in [-0.25, -0.2) is 0 Å². The molecule has 0 atom stereocenters. The molecule has 1 aliphatic heterocycles. The van der Waals surface area contributed by atoms with Gasteiger partial charge in [-0.15, -0.1) is 0 Å². The van der Waals surface area contributed by atoms with E-state index in [1.165, 1.54) is 41.5 Å². The number of unbranched alkanes of at least 4 members (excludes halogenated alkanes) is 1. The summed E-state index contributed by atoms with van der Waals surface area (Å²) in [6, 6.07) is 13.3. The Balaban J connectivity index is 0.000000847. The van der Waals surface area contributed by atoms with Crippen molar-refractivity contribution in [1.82, 2.24) is 0 Å². The van der Waals surface area contributed by atoms with Crippen molar-refractivity contribution in [1.29, 1.82) is 0 Å². The summed E-state index contributed by atoms with van der Waals surface area (Å²) in [5.41, 5.74) is 0. The van der Waals surface area contributed by atoms with E-state index in [1.54, 1.807) is 4.90 Å². The van der Waals surface area contributed by atoms with Crippen molar-refractivity contribution >= 4 is 21.7 Å². The summed E-state index contributed by atoms with van der Waals surface area (Å²) < 4.78 is 5.98. The molecule has 2 aromatic carbocycles. The highest BCUT2D eigenvalue weighted by Crippen LogP contribution is 2.34. The van der Waals surface area contributed by atoms with Crippen molar-refractivity contribution in [2.45, 2.75) is 37.5 Å². The first-order valence-electron chi connectivity index (χ1n) is 8.05. The van der Waals surface area contributed by atoms with Crippen LogP contribution in [0, 0.1) is 0 Å². The number of hydrogen-bond acceptors (Lipinski definition) is 3. The van der Waals surface area contributed by atoms with E-state index < -0.39 is 0 Å². The number of benzene rings is 2. The molecule has 120 valence electrons. The van der Waals surface area contributed by atoms with Gasteiger partial charge in [0.1, 0.15) is 17.3 Å². The van der Waals surface area contributed by atoms with E-state index in [4.69, 9.17) is 4.74 Å². The molecule has 1 aliphatic rings. The standard InChI is InChI=1S/C18H23OS.H4N2/c1-2-3-12-19-17-10-11-18(20-13-6-7-14-20)16-9-5-4-8-15(16)17;1-2/h4-5,8-11H,2-3,6-7,12-14H2,1H3;1-2H2/q+1;. The van der Waals surface area contributed by atoms with Gasteiger partial charge in [0.2, 0.25) is 0 Å². The maximum Gasteiger partial charge on any atom is 0.162 e. The molecule has 0 spiro atoms. The summed E-state index contributed by atoms with van der Waals surface area (Å²) in [4.78, 5) is 1.56. The number of hydrogen-bond donors (Lipinski definition) is 2. The SMILES string of the molecule is CCCCOc1ccc([S+]2CCCC2)c2ccccc12.NN. The molecule has 0 aliphatic carbocycles. The van der Waals surface area contributed by atoms with Gasteiger partial charge in [-0.05, 0) is 37.5 Å². The average molecular weight is 319 g/mol. The van der Waals surface area contributed by atoms with Gasteiger partial charge in [0.15, 0.2) is 4.90 Å². The Morgan fingerprint density at radius 1 is 1.00 bits per heavy atom. The second-order valence-electron chi connectivity index (χ2n) is 5.42. The third-order valence-corrected chi connectivity index (χ3v) is 6.48. The monoisotopic (exact) mass is 319 g/mol. The molecule has 0 radical (unpaired) electrons. The average Bonchev–Trinajstić information content (AvgIpc) is 3.11. The van der Waals surface area contributed by atoms with Gasteiger partial charge in [0.25, 0.3) is 0 Å². The van der Waals surface area contributed by atoms with Crippen LogP contribution in [0.2, 0.25) is 0 Å². The zero-order valence-corrected chi connectivity index (χ0v) is 14.2. The van der Waals surface area contributed by atoms with E-state index in [-0.39, 0.29) is 0 Å². The van der Waals surface area contributed by atoms with Crippen LogP contribution in [0.25, 0.3) is 10.8 Å². The van der Waals surface area contributed by atoms with Gasteiger partial charge in [-0.1, -0.05) is 31.5 Å². The normalized spacial score (nSPS) is 14.7. The van der Waals surface area contributed by atoms with E-state index in [9.17, 15) is 0 Å². The third kappa shape index (κ3) is 3.94. The van der Waals surface area contributed by atoms with Gasteiger partial charge < -0.3 is 4.74 Å². The minimum atomic E-state index is 0.464. The molecular weight excluding hydrogens is 292 g/mol. The van der Waals surface area contributed by atoms with Crippen LogP contribution in [0.1, 0.15) is 32.6 Å². The highest BCUT2D eigenvalue weighted by Gasteiger charge is 2.29. The van der Waals surface area contributed by atoms with E-state index in [2.05, 4.69) is 55.0 Å². The molecule has 3 rings (SSSR count). The predicted octanol–water partition coefficient (Wildman–Crippen LogP) is 3.61. The Hall–Kier alpha value is -1.23. The van der Waals surface area contributed by atoms with Crippen LogP contribution in [-0.2, 0) is 10.9 Å². The van der Waals surface area contributed by atoms with Crippen LogP contribution in [0.15, 0.2) is 41.3 Å². The maximum atomic E-state index is 5.98. The molecule has 22 heavy (non-hydrogen) atoms. The lowest BCUT2D eigenvalue weighted by Gasteiger charge is -2.11. The van der Waals surface area contributed by atoms with Gasteiger partial charge in [-0.3, -0.25) is 11.7 Å². The summed E-state index contributed by atoms with van der Waals surface area (Å²) in [5.74, 6) is 11.8. The zero-order valence-electron chi connectivity index (χ0n) is 13.4. The Morgan fingerprint density at radius 3 is 2.36 bits per heavy atom. The number of ether oxygens (including phenoxy) is 1. The van der Waals surface area contributed by atoms with Crippen molar-refractivity contribution in [2.75, 3.05) is 18.1 Å². The number of nitrogens with two attached hydrogens (primary N) is 2. The van der Waals surface area contributed by atoms with Gasteiger partial charge >= 0.3 is 0 Å². The molecular formula is C18H27N2OS+. The predicted molar refractivity (Wildman–Crippen MR) is 97.3 cm³/mol. The summed E-state index contributed by atoms with van der Waals surface area (Å²) in [7, 11) is 0.464. The second-order valence-corrected chi connectivity index (χ2v) is 7.66. The smallest absolute Gasteiger partial charge is 0.162 e. The van der Waals surface area contributed by atoms with Crippen LogP contribution in [0.5, 0.6) is 5.75 Å². The van der Waals surface area contributed by atoms with Gasteiger partial charge in [0, 0.05) is 21.7 Å². The van der Waals surface area contributed by atoms with E-state index in [1.807, 2.05) is 0 Å².